The molecule has 0 aliphatic carbocycles. The van der Waals surface area contributed by atoms with Gasteiger partial charge in [0.2, 0.25) is 0 Å². The number of hydrogen-bond donors (Lipinski definition) is 1. The molecule has 3 aliphatic heterocycles. The van der Waals surface area contributed by atoms with E-state index >= 15 is 0 Å². The lowest BCUT2D eigenvalue weighted by Gasteiger charge is -2.31. The van der Waals surface area contributed by atoms with Crippen molar-refractivity contribution in [3.63, 3.8) is 0 Å². The number of rotatable bonds is 3. The fourth-order valence-electron chi connectivity index (χ4n) is 3.81. The minimum atomic E-state index is -0.0937. The second-order valence-electron chi connectivity index (χ2n) is 6.44. The molecule has 0 radical (unpaired) electrons. The summed E-state index contributed by atoms with van der Waals surface area (Å²) in [7, 11) is 0. The minimum Gasteiger partial charge on any atom is -0.390 e. The van der Waals surface area contributed by atoms with Gasteiger partial charge < -0.3 is 19.5 Å². The highest BCUT2D eigenvalue weighted by Gasteiger charge is 2.38. The van der Waals surface area contributed by atoms with Crippen LogP contribution >= 0.6 is 11.6 Å². The molecule has 4 rings (SSSR count). The Balaban J connectivity index is 1.74. The second kappa shape index (κ2) is 6.96. The van der Waals surface area contributed by atoms with Crippen molar-refractivity contribution in [2.75, 3.05) is 44.4 Å². The molecule has 6 nitrogen and oxygen atoms in total. The summed E-state index contributed by atoms with van der Waals surface area (Å²) in [5, 5.41) is 10.3. The zero-order chi connectivity index (χ0) is 16.5. The topological polar surface area (TPSA) is 67.2 Å². The predicted octanol–water partition coefficient (Wildman–Crippen LogP) is 2.30. The van der Waals surface area contributed by atoms with Crippen LogP contribution in [0.3, 0.4) is 0 Å². The van der Waals surface area contributed by atoms with Gasteiger partial charge in [-0.25, -0.2) is 4.98 Å². The maximum atomic E-state index is 9.83. The van der Waals surface area contributed by atoms with Gasteiger partial charge in [-0.15, -0.1) is 0 Å². The maximum absolute atomic E-state index is 9.83. The molecule has 1 aromatic heterocycles. The lowest BCUT2D eigenvalue weighted by Crippen LogP contribution is -2.36. The van der Waals surface area contributed by atoms with Crippen molar-refractivity contribution in [1.29, 1.82) is 0 Å². The van der Waals surface area contributed by atoms with Crippen molar-refractivity contribution in [3.05, 3.63) is 16.9 Å². The summed E-state index contributed by atoms with van der Waals surface area (Å²) in [6.45, 7) is 3.68. The molecule has 1 aromatic rings. The van der Waals surface area contributed by atoms with Crippen molar-refractivity contribution in [2.45, 2.75) is 31.3 Å². The Bertz CT molecular complexity index is 640. The Morgan fingerprint density at radius 2 is 2.08 bits per heavy atom. The molecule has 0 bridgehead atoms. The number of hydrogen-bond acceptors (Lipinski definition) is 6. The van der Waals surface area contributed by atoms with Crippen LogP contribution in [-0.2, 0) is 9.47 Å². The molecule has 4 heterocycles. The number of aliphatic hydroxyl groups is 1. The fourth-order valence-corrected chi connectivity index (χ4v) is 4.01. The van der Waals surface area contributed by atoms with Gasteiger partial charge in [0.25, 0.3) is 0 Å². The van der Waals surface area contributed by atoms with E-state index < -0.39 is 0 Å². The van der Waals surface area contributed by atoms with Gasteiger partial charge in [0.05, 0.1) is 48.9 Å². The highest BCUT2D eigenvalue weighted by atomic mass is 35.5. The van der Waals surface area contributed by atoms with Gasteiger partial charge in [-0.1, -0.05) is 11.6 Å². The quantitative estimate of drug-likeness (QED) is 0.846. The number of morpholine rings is 1. The van der Waals surface area contributed by atoms with E-state index in [1.165, 1.54) is 0 Å². The number of aliphatic imine (C=N–C) groups is 1. The third-order valence-electron chi connectivity index (χ3n) is 4.98. The first-order chi connectivity index (χ1) is 11.8. The molecule has 2 saturated heterocycles. The van der Waals surface area contributed by atoms with Crippen LogP contribution < -0.4 is 4.90 Å². The Kier molecular flexibility index (Phi) is 4.72. The number of aromatic nitrogens is 1. The SMILES string of the molecule is OCC1=Nc2c(N3CCOCC3)cc(Cl)nc2C1C1CCCCO1. The number of ether oxygens (including phenoxy) is 2. The van der Waals surface area contributed by atoms with Crippen molar-refractivity contribution in [3.8, 4) is 0 Å². The molecule has 0 spiro atoms. The maximum Gasteiger partial charge on any atom is 0.131 e. The Labute approximate surface area is 146 Å². The number of nitrogens with zero attached hydrogens (tertiary/aromatic N) is 3. The van der Waals surface area contributed by atoms with Gasteiger partial charge >= 0.3 is 0 Å². The first-order valence-electron chi connectivity index (χ1n) is 8.61. The van der Waals surface area contributed by atoms with Crippen molar-refractivity contribution < 1.29 is 14.6 Å². The summed E-state index contributed by atoms with van der Waals surface area (Å²) in [6, 6.07) is 1.87. The van der Waals surface area contributed by atoms with Crippen LogP contribution in [0.1, 0.15) is 30.9 Å². The standard InChI is InChI=1S/C17H22ClN3O3/c18-14-9-12(21-4-7-23-8-5-21)16-17(20-14)15(11(10-22)19-16)13-3-1-2-6-24-13/h9,13,15,22H,1-8,10H2. The van der Waals surface area contributed by atoms with Gasteiger partial charge in [-0.3, -0.25) is 4.99 Å². The molecule has 2 unspecified atom stereocenters. The molecule has 3 aliphatic rings. The van der Waals surface area contributed by atoms with E-state index in [9.17, 15) is 5.11 Å². The molecule has 2 atom stereocenters. The average molecular weight is 352 g/mol. The Hall–Kier alpha value is -1.21. The van der Waals surface area contributed by atoms with Gasteiger partial charge in [0, 0.05) is 25.8 Å². The van der Waals surface area contributed by atoms with Crippen LogP contribution in [0.15, 0.2) is 11.1 Å². The van der Waals surface area contributed by atoms with E-state index in [4.69, 9.17) is 26.1 Å². The summed E-state index contributed by atoms with van der Waals surface area (Å²) in [6.07, 6.45) is 3.20. The zero-order valence-electron chi connectivity index (χ0n) is 13.6. The second-order valence-corrected chi connectivity index (χ2v) is 6.83. The minimum absolute atomic E-state index is 0.0226. The third kappa shape index (κ3) is 2.92. The van der Waals surface area contributed by atoms with Crippen LogP contribution in [0, 0.1) is 0 Å². The lowest BCUT2D eigenvalue weighted by molar-refractivity contribution is 0.0103. The van der Waals surface area contributed by atoms with E-state index in [0.717, 1.165) is 61.7 Å². The van der Waals surface area contributed by atoms with E-state index in [-0.39, 0.29) is 18.6 Å². The third-order valence-corrected chi connectivity index (χ3v) is 5.17. The first-order valence-corrected chi connectivity index (χ1v) is 8.99. The molecule has 0 saturated carbocycles. The van der Waals surface area contributed by atoms with Crippen molar-refractivity contribution in [1.82, 2.24) is 4.98 Å². The van der Waals surface area contributed by atoms with Crippen LogP contribution in [0.5, 0.6) is 0 Å². The number of aliphatic hydroxyl groups excluding tert-OH is 1. The smallest absolute Gasteiger partial charge is 0.131 e. The Morgan fingerprint density at radius 1 is 1.25 bits per heavy atom. The Morgan fingerprint density at radius 3 is 2.79 bits per heavy atom. The number of fused-ring (bicyclic) bond motifs is 1. The van der Waals surface area contributed by atoms with Gasteiger partial charge in [-0.2, -0.15) is 0 Å². The molecule has 0 aromatic carbocycles. The largest absolute Gasteiger partial charge is 0.390 e. The van der Waals surface area contributed by atoms with Crippen LogP contribution in [0.2, 0.25) is 5.15 Å². The molecule has 1 N–H and O–H groups in total. The number of halogens is 1. The molecule has 2 fully saturated rings. The van der Waals surface area contributed by atoms with Crippen molar-refractivity contribution in [2.24, 2.45) is 4.99 Å². The monoisotopic (exact) mass is 351 g/mol. The summed E-state index contributed by atoms with van der Waals surface area (Å²) in [5.74, 6) is -0.0937. The number of pyridine rings is 1. The predicted molar refractivity (Wildman–Crippen MR) is 92.8 cm³/mol. The number of anilines is 1. The zero-order valence-corrected chi connectivity index (χ0v) is 14.3. The van der Waals surface area contributed by atoms with Crippen LogP contribution in [0.25, 0.3) is 0 Å². The van der Waals surface area contributed by atoms with Crippen LogP contribution in [-0.4, -0.2) is 61.4 Å². The lowest BCUT2D eigenvalue weighted by atomic mass is 9.89. The average Bonchev–Trinajstić information content (AvgIpc) is 3.00. The van der Waals surface area contributed by atoms with Gasteiger partial charge in [-0.05, 0) is 19.3 Å². The van der Waals surface area contributed by atoms with E-state index in [1.807, 2.05) is 6.07 Å². The normalized spacial score (nSPS) is 27.1. The van der Waals surface area contributed by atoms with Gasteiger partial charge in [0.15, 0.2) is 0 Å². The molecular weight excluding hydrogens is 330 g/mol. The van der Waals surface area contributed by atoms with E-state index in [2.05, 4.69) is 9.88 Å². The highest BCUT2D eigenvalue weighted by molar-refractivity contribution is 6.30. The summed E-state index contributed by atoms with van der Waals surface area (Å²) in [4.78, 5) is 11.5. The summed E-state index contributed by atoms with van der Waals surface area (Å²) < 4.78 is 11.4. The first kappa shape index (κ1) is 16.3. The molecule has 130 valence electrons. The molecular formula is C17H22ClN3O3. The van der Waals surface area contributed by atoms with E-state index in [1.54, 1.807) is 0 Å². The van der Waals surface area contributed by atoms with Gasteiger partial charge in [0.1, 0.15) is 10.8 Å². The van der Waals surface area contributed by atoms with Crippen LogP contribution in [0.4, 0.5) is 11.4 Å². The fraction of sp³-hybridized carbons (Fsp3) is 0.647. The summed E-state index contributed by atoms with van der Waals surface area (Å²) in [5.41, 5.74) is 3.41. The summed E-state index contributed by atoms with van der Waals surface area (Å²) >= 11 is 6.32. The molecule has 7 heteroatoms. The van der Waals surface area contributed by atoms with Crippen molar-refractivity contribution >= 4 is 28.7 Å². The van der Waals surface area contributed by atoms with E-state index in [0.29, 0.717) is 18.4 Å². The molecule has 0 amide bonds. The molecule has 24 heavy (non-hydrogen) atoms. The highest BCUT2D eigenvalue weighted by Crippen LogP contribution is 2.45.